The number of hydrogen-bond donors (Lipinski definition) is 1. The minimum absolute atomic E-state index is 0.0254. The topological polar surface area (TPSA) is 90.1 Å². The number of aryl methyl sites for hydroxylation is 2. The molecule has 7 heteroatoms. The molecule has 1 amide bonds. The Kier molecular flexibility index (Phi) is 5.69. The first-order chi connectivity index (χ1) is 11.8. The van der Waals surface area contributed by atoms with E-state index < -0.39 is 4.92 Å². The third-order valence-corrected chi connectivity index (χ3v) is 4.09. The van der Waals surface area contributed by atoms with Crippen molar-refractivity contribution in [2.75, 3.05) is 0 Å². The summed E-state index contributed by atoms with van der Waals surface area (Å²) in [7, 11) is 1.90. The van der Waals surface area contributed by atoms with Crippen molar-refractivity contribution < 1.29 is 9.72 Å². The summed E-state index contributed by atoms with van der Waals surface area (Å²) in [5, 5.41) is 17.9. The molecular formula is C18H22N4O3. The quantitative estimate of drug-likeness (QED) is 0.496. The first-order valence-electron chi connectivity index (χ1n) is 8.00. The average Bonchev–Trinajstić information content (AvgIpc) is 2.79. The van der Waals surface area contributed by atoms with Crippen molar-refractivity contribution in [1.82, 2.24) is 15.1 Å². The molecule has 0 aliphatic carbocycles. The maximum Gasteiger partial charge on any atom is 0.269 e. The summed E-state index contributed by atoms with van der Waals surface area (Å²) in [6.45, 7) is 5.92. The van der Waals surface area contributed by atoms with Gasteiger partial charge in [-0.3, -0.25) is 19.6 Å². The normalized spacial score (nSPS) is 12.3. The summed E-state index contributed by atoms with van der Waals surface area (Å²) in [5.74, 6) is -0.204. The number of hydrogen-bond acceptors (Lipinski definition) is 4. The Hall–Kier alpha value is -2.96. The second-order valence-corrected chi connectivity index (χ2v) is 6.07. The van der Waals surface area contributed by atoms with Crippen molar-refractivity contribution in [2.45, 2.75) is 33.2 Å². The molecule has 0 spiro atoms. The monoisotopic (exact) mass is 342 g/mol. The van der Waals surface area contributed by atoms with Gasteiger partial charge in [0.05, 0.1) is 10.6 Å². The molecule has 1 atom stereocenters. The SMILES string of the molecule is Cc1nn(C)c(C)c1C[C@H](C)NC(=O)/C=C/c1ccc([N+](=O)[O-])cc1. The summed E-state index contributed by atoms with van der Waals surface area (Å²) >= 11 is 0. The predicted octanol–water partition coefficient (Wildman–Crippen LogP) is 2.71. The van der Waals surface area contributed by atoms with E-state index in [4.69, 9.17) is 0 Å². The Labute approximate surface area is 146 Å². The molecule has 1 aromatic carbocycles. The molecule has 0 unspecified atom stereocenters. The Morgan fingerprint density at radius 2 is 2.00 bits per heavy atom. The molecule has 1 N–H and O–H groups in total. The third-order valence-electron chi connectivity index (χ3n) is 4.09. The molecule has 2 rings (SSSR count). The molecule has 0 radical (unpaired) electrons. The number of non-ortho nitro benzene ring substituents is 1. The molecule has 1 heterocycles. The summed E-state index contributed by atoms with van der Waals surface area (Å²) in [6.07, 6.45) is 3.77. The number of benzene rings is 1. The Morgan fingerprint density at radius 1 is 1.36 bits per heavy atom. The summed E-state index contributed by atoms with van der Waals surface area (Å²) < 4.78 is 1.84. The van der Waals surface area contributed by atoms with Crippen molar-refractivity contribution in [3.63, 3.8) is 0 Å². The molecule has 0 aliphatic rings. The van der Waals surface area contributed by atoms with Crippen LogP contribution >= 0.6 is 0 Å². The lowest BCUT2D eigenvalue weighted by atomic mass is 10.1. The number of rotatable bonds is 6. The molecule has 7 nitrogen and oxygen atoms in total. The van der Waals surface area contributed by atoms with E-state index in [0.29, 0.717) is 6.42 Å². The van der Waals surface area contributed by atoms with E-state index in [-0.39, 0.29) is 17.6 Å². The van der Waals surface area contributed by atoms with Gasteiger partial charge in [0, 0.05) is 37.0 Å². The van der Waals surface area contributed by atoms with E-state index in [1.807, 2.05) is 32.5 Å². The van der Waals surface area contributed by atoms with Gasteiger partial charge < -0.3 is 5.32 Å². The van der Waals surface area contributed by atoms with Crippen LogP contribution in [0.4, 0.5) is 5.69 Å². The van der Waals surface area contributed by atoms with Gasteiger partial charge in [0.1, 0.15) is 0 Å². The molecule has 25 heavy (non-hydrogen) atoms. The van der Waals surface area contributed by atoms with Gasteiger partial charge in [-0.1, -0.05) is 0 Å². The number of nitrogens with zero attached hydrogens (tertiary/aromatic N) is 3. The maximum atomic E-state index is 12.0. The van der Waals surface area contributed by atoms with Crippen molar-refractivity contribution in [3.8, 4) is 0 Å². The first-order valence-corrected chi connectivity index (χ1v) is 8.00. The number of carbonyl (C=O) groups excluding carboxylic acids is 1. The third kappa shape index (κ3) is 4.76. The summed E-state index contributed by atoms with van der Waals surface area (Å²) in [5.41, 5.74) is 3.97. The van der Waals surface area contributed by atoms with E-state index in [9.17, 15) is 14.9 Å². The molecule has 0 saturated heterocycles. The number of carbonyl (C=O) groups is 1. The fourth-order valence-electron chi connectivity index (χ4n) is 2.64. The Morgan fingerprint density at radius 3 is 2.52 bits per heavy atom. The zero-order valence-electron chi connectivity index (χ0n) is 14.8. The van der Waals surface area contributed by atoms with Gasteiger partial charge in [-0.15, -0.1) is 0 Å². The summed E-state index contributed by atoms with van der Waals surface area (Å²) in [4.78, 5) is 22.2. The minimum Gasteiger partial charge on any atom is -0.350 e. The van der Waals surface area contributed by atoms with Crippen LogP contribution in [0.15, 0.2) is 30.3 Å². The number of nitro benzene ring substituents is 1. The van der Waals surface area contributed by atoms with Crippen LogP contribution in [0.5, 0.6) is 0 Å². The molecule has 0 saturated carbocycles. The van der Waals surface area contributed by atoms with Gasteiger partial charge in [0.25, 0.3) is 5.69 Å². The highest BCUT2D eigenvalue weighted by molar-refractivity contribution is 5.91. The predicted molar refractivity (Wildman–Crippen MR) is 96.1 cm³/mol. The second kappa shape index (κ2) is 7.74. The molecule has 0 aliphatic heterocycles. The van der Waals surface area contributed by atoms with Crippen molar-refractivity contribution in [2.24, 2.45) is 7.05 Å². The minimum atomic E-state index is -0.454. The van der Waals surface area contributed by atoms with Gasteiger partial charge in [0.15, 0.2) is 0 Å². The van der Waals surface area contributed by atoms with Crippen LogP contribution in [0.2, 0.25) is 0 Å². The Bertz CT molecular complexity index is 806. The van der Waals surface area contributed by atoms with Crippen molar-refractivity contribution >= 4 is 17.7 Å². The number of nitrogens with one attached hydrogen (secondary N) is 1. The lowest BCUT2D eigenvalue weighted by molar-refractivity contribution is -0.384. The fourth-order valence-corrected chi connectivity index (χ4v) is 2.64. The molecule has 0 fully saturated rings. The van der Waals surface area contributed by atoms with Crippen molar-refractivity contribution in [1.29, 1.82) is 0 Å². The maximum absolute atomic E-state index is 12.0. The van der Waals surface area contributed by atoms with Crippen molar-refractivity contribution in [3.05, 3.63) is 63.0 Å². The van der Waals surface area contributed by atoms with Gasteiger partial charge in [0.2, 0.25) is 5.91 Å². The zero-order valence-corrected chi connectivity index (χ0v) is 14.8. The van der Waals surface area contributed by atoms with Gasteiger partial charge in [-0.25, -0.2) is 0 Å². The van der Waals surface area contributed by atoms with Crippen LogP contribution in [0.3, 0.4) is 0 Å². The highest BCUT2D eigenvalue weighted by Gasteiger charge is 2.13. The molecular weight excluding hydrogens is 320 g/mol. The number of aromatic nitrogens is 2. The second-order valence-electron chi connectivity index (χ2n) is 6.07. The number of amides is 1. The van der Waals surface area contributed by atoms with Crippen LogP contribution in [0.1, 0.15) is 29.4 Å². The van der Waals surface area contributed by atoms with Gasteiger partial charge in [-0.2, -0.15) is 5.10 Å². The first kappa shape index (κ1) is 18.4. The van der Waals surface area contributed by atoms with E-state index in [2.05, 4.69) is 10.4 Å². The lowest BCUT2D eigenvalue weighted by Gasteiger charge is -2.13. The summed E-state index contributed by atoms with van der Waals surface area (Å²) in [6, 6.07) is 6.00. The number of nitro groups is 1. The molecule has 2 aromatic rings. The van der Waals surface area contributed by atoms with Crippen LogP contribution in [0.25, 0.3) is 6.08 Å². The lowest BCUT2D eigenvalue weighted by Crippen LogP contribution is -2.33. The van der Waals surface area contributed by atoms with E-state index in [1.165, 1.54) is 18.2 Å². The highest BCUT2D eigenvalue weighted by Crippen LogP contribution is 2.15. The van der Waals surface area contributed by atoms with Crippen LogP contribution in [-0.2, 0) is 18.3 Å². The molecule has 0 bridgehead atoms. The van der Waals surface area contributed by atoms with Crippen LogP contribution < -0.4 is 5.32 Å². The standard InChI is InChI=1S/C18H22N4O3/c1-12(11-17-13(2)20-21(4)14(17)3)19-18(23)10-7-15-5-8-16(9-6-15)22(24)25/h5-10,12H,11H2,1-4H3,(H,19,23)/b10-7+/t12-/m0/s1. The Balaban J connectivity index is 1.93. The van der Waals surface area contributed by atoms with Gasteiger partial charge >= 0.3 is 0 Å². The van der Waals surface area contributed by atoms with Gasteiger partial charge in [-0.05, 0) is 56.5 Å². The smallest absolute Gasteiger partial charge is 0.269 e. The zero-order chi connectivity index (χ0) is 18.6. The molecule has 132 valence electrons. The largest absolute Gasteiger partial charge is 0.350 e. The van der Waals surface area contributed by atoms with E-state index >= 15 is 0 Å². The molecule has 1 aromatic heterocycles. The average molecular weight is 342 g/mol. The van der Waals surface area contributed by atoms with Crippen LogP contribution in [-0.4, -0.2) is 26.7 Å². The fraction of sp³-hybridized carbons (Fsp3) is 0.333. The van der Waals surface area contributed by atoms with Crippen LogP contribution in [0, 0.1) is 24.0 Å². The van der Waals surface area contributed by atoms with E-state index in [0.717, 1.165) is 22.5 Å². The highest BCUT2D eigenvalue weighted by atomic mass is 16.6. The van der Waals surface area contributed by atoms with E-state index in [1.54, 1.807) is 18.2 Å².